The molecule has 1 fully saturated rings. The van der Waals surface area contributed by atoms with Gasteiger partial charge in [-0.1, -0.05) is 36.2 Å². The number of carbonyl (C=O) groups is 1. The van der Waals surface area contributed by atoms with E-state index in [2.05, 4.69) is 55.3 Å². The highest BCUT2D eigenvalue weighted by Gasteiger charge is 2.13. The fourth-order valence-electron chi connectivity index (χ4n) is 4.38. The fourth-order valence-corrected chi connectivity index (χ4v) is 5.17. The Bertz CT molecular complexity index is 1040. The molecule has 168 valence electrons. The van der Waals surface area contributed by atoms with Crippen molar-refractivity contribution in [2.45, 2.75) is 53.2 Å². The number of nitrogens with one attached hydrogen (secondary N) is 1. The van der Waals surface area contributed by atoms with Gasteiger partial charge >= 0.3 is 0 Å². The van der Waals surface area contributed by atoms with E-state index >= 15 is 0 Å². The van der Waals surface area contributed by atoms with Gasteiger partial charge in [-0.2, -0.15) is 0 Å². The molecule has 1 amide bonds. The number of amides is 1. The number of benzene rings is 2. The van der Waals surface area contributed by atoms with Crippen LogP contribution in [-0.4, -0.2) is 23.9 Å². The van der Waals surface area contributed by atoms with E-state index in [-0.39, 0.29) is 5.91 Å². The first kappa shape index (κ1) is 22.6. The fraction of sp³-hybridized carbons (Fsp3) is 0.370. The quantitative estimate of drug-likeness (QED) is 0.449. The summed E-state index contributed by atoms with van der Waals surface area (Å²) in [6.07, 6.45) is 3.95. The predicted octanol–water partition coefficient (Wildman–Crippen LogP) is 6.49. The Kier molecular flexibility index (Phi) is 7.28. The van der Waals surface area contributed by atoms with Crippen molar-refractivity contribution in [1.82, 2.24) is 4.90 Å². The van der Waals surface area contributed by atoms with Crippen molar-refractivity contribution in [3.05, 3.63) is 80.5 Å². The summed E-state index contributed by atoms with van der Waals surface area (Å²) in [7, 11) is 0. The first-order valence-electron chi connectivity index (χ1n) is 11.4. The molecule has 4 rings (SSSR count). The first-order chi connectivity index (χ1) is 15.5. The van der Waals surface area contributed by atoms with Gasteiger partial charge in [0, 0.05) is 17.8 Å². The number of hydrogen-bond donors (Lipinski definition) is 1. The van der Waals surface area contributed by atoms with Crippen LogP contribution >= 0.6 is 11.3 Å². The molecule has 0 spiro atoms. The second kappa shape index (κ2) is 10.3. The van der Waals surface area contributed by atoms with E-state index in [9.17, 15) is 4.79 Å². The van der Waals surface area contributed by atoms with Crippen molar-refractivity contribution < 1.29 is 9.53 Å². The normalized spacial score (nSPS) is 14.3. The Morgan fingerprint density at radius 2 is 1.66 bits per heavy atom. The lowest BCUT2D eigenvalue weighted by atomic mass is 10.1. The van der Waals surface area contributed by atoms with Gasteiger partial charge in [-0.15, -0.1) is 11.3 Å². The van der Waals surface area contributed by atoms with Crippen molar-refractivity contribution in [1.29, 1.82) is 0 Å². The molecule has 1 aliphatic rings. The lowest BCUT2D eigenvalue weighted by Gasteiger charge is -2.26. The summed E-state index contributed by atoms with van der Waals surface area (Å²) in [5.41, 5.74) is 6.65. The molecule has 0 radical (unpaired) electrons. The third-order valence-electron chi connectivity index (χ3n) is 5.93. The van der Waals surface area contributed by atoms with E-state index in [1.807, 2.05) is 23.6 Å². The maximum absolute atomic E-state index is 12.7. The Morgan fingerprint density at radius 1 is 0.969 bits per heavy atom. The number of aryl methyl sites for hydroxylation is 3. The summed E-state index contributed by atoms with van der Waals surface area (Å²) in [6, 6.07) is 14.4. The summed E-state index contributed by atoms with van der Waals surface area (Å²) < 4.78 is 6.07. The molecule has 4 nitrogen and oxygen atoms in total. The maximum Gasteiger partial charge on any atom is 0.265 e. The molecule has 5 heteroatoms. The van der Waals surface area contributed by atoms with Gasteiger partial charge in [-0.05, 0) is 87.0 Å². The molecular formula is C27H32N2O2S. The second-order valence-corrected chi connectivity index (χ2v) is 9.73. The molecule has 0 saturated carbocycles. The topological polar surface area (TPSA) is 41.6 Å². The highest BCUT2D eigenvalue weighted by Crippen LogP contribution is 2.26. The van der Waals surface area contributed by atoms with Crippen molar-refractivity contribution in [3.63, 3.8) is 0 Å². The summed E-state index contributed by atoms with van der Waals surface area (Å²) in [4.78, 5) is 15.9. The van der Waals surface area contributed by atoms with Gasteiger partial charge in [0.15, 0.2) is 0 Å². The van der Waals surface area contributed by atoms with Crippen molar-refractivity contribution >= 4 is 22.9 Å². The van der Waals surface area contributed by atoms with Gasteiger partial charge in [0.1, 0.15) is 12.4 Å². The molecule has 1 aliphatic heterocycles. The molecule has 1 aromatic heterocycles. The molecule has 0 aliphatic carbocycles. The zero-order valence-electron chi connectivity index (χ0n) is 19.2. The van der Waals surface area contributed by atoms with Crippen molar-refractivity contribution in [3.8, 4) is 5.75 Å². The predicted molar refractivity (Wildman–Crippen MR) is 133 cm³/mol. The third-order valence-corrected chi connectivity index (χ3v) is 6.91. The number of ether oxygens (including phenoxy) is 1. The number of anilines is 1. The van der Waals surface area contributed by atoms with E-state index in [0.29, 0.717) is 11.5 Å². The zero-order valence-corrected chi connectivity index (χ0v) is 20.1. The Labute approximate surface area is 195 Å². The smallest absolute Gasteiger partial charge is 0.265 e. The number of carbonyl (C=O) groups excluding carboxylic acids is 1. The average molecular weight is 449 g/mol. The molecular weight excluding hydrogens is 416 g/mol. The van der Waals surface area contributed by atoms with Crippen LogP contribution in [0.2, 0.25) is 0 Å². The third kappa shape index (κ3) is 5.78. The Balaban J connectivity index is 1.31. The van der Waals surface area contributed by atoms with Gasteiger partial charge in [0.2, 0.25) is 0 Å². The Morgan fingerprint density at radius 3 is 2.34 bits per heavy atom. The van der Waals surface area contributed by atoms with Crippen LogP contribution in [0.5, 0.6) is 5.75 Å². The number of hydrogen-bond acceptors (Lipinski definition) is 4. The van der Waals surface area contributed by atoms with Crippen LogP contribution in [0.4, 0.5) is 5.69 Å². The van der Waals surface area contributed by atoms with Gasteiger partial charge in [-0.25, -0.2) is 0 Å². The average Bonchev–Trinajstić information content (AvgIpc) is 3.24. The summed E-state index contributed by atoms with van der Waals surface area (Å²) in [5, 5.41) is 5.01. The van der Waals surface area contributed by atoms with Crippen LogP contribution in [0.15, 0.2) is 47.8 Å². The number of piperidine rings is 1. The van der Waals surface area contributed by atoms with Gasteiger partial charge < -0.3 is 10.1 Å². The lowest BCUT2D eigenvalue weighted by Crippen LogP contribution is -2.29. The van der Waals surface area contributed by atoms with Crippen LogP contribution in [0.3, 0.4) is 0 Å². The van der Waals surface area contributed by atoms with Gasteiger partial charge in [0.05, 0.1) is 4.88 Å². The first-order valence-corrected chi connectivity index (χ1v) is 12.3. The SMILES string of the molecule is Cc1cc(C)c(OCc2csc(C(=O)Nc3ccc(CN4CCCCC4)cc3)c2)c(C)c1. The number of rotatable bonds is 7. The summed E-state index contributed by atoms with van der Waals surface area (Å²) >= 11 is 1.45. The maximum atomic E-state index is 12.7. The molecule has 32 heavy (non-hydrogen) atoms. The minimum absolute atomic E-state index is 0.0762. The van der Waals surface area contributed by atoms with E-state index in [1.54, 1.807) is 0 Å². The van der Waals surface area contributed by atoms with Crippen molar-refractivity contribution in [2.24, 2.45) is 0 Å². The molecule has 1 N–H and O–H groups in total. The van der Waals surface area contributed by atoms with Crippen molar-refractivity contribution in [2.75, 3.05) is 18.4 Å². The molecule has 2 aromatic carbocycles. The zero-order chi connectivity index (χ0) is 22.5. The van der Waals surface area contributed by atoms with E-state index in [0.717, 1.165) is 34.7 Å². The molecule has 2 heterocycles. The minimum atomic E-state index is -0.0762. The van der Waals surface area contributed by atoms with Crippen LogP contribution in [0.1, 0.15) is 56.8 Å². The van der Waals surface area contributed by atoms with Crippen LogP contribution in [-0.2, 0) is 13.2 Å². The molecule has 0 bridgehead atoms. The van der Waals surface area contributed by atoms with Gasteiger partial charge in [-0.3, -0.25) is 9.69 Å². The monoisotopic (exact) mass is 448 g/mol. The van der Waals surface area contributed by atoms with Crippen LogP contribution in [0, 0.1) is 20.8 Å². The Hall–Kier alpha value is -2.63. The standard InChI is InChI=1S/C27H32N2O2S/c1-19-13-20(2)26(21(3)14-19)31-17-23-15-25(32-18-23)27(30)28-24-9-7-22(8-10-24)16-29-11-5-4-6-12-29/h7-10,13-15,18H,4-6,11-12,16-17H2,1-3H3,(H,28,30). The van der Waals surface area contributed by atoms with Gasteiger partial charge in [0.25, 0.3) is 5.91 Å². The largest absolute Gasteiger partial charge is 0.488 e. The highest BCUT2D eigenvalue weighted by atomic mass is 32.1. The summed E-state index contributed by atoms with van der Waals surface area (Å²) in [6.45, 7) is 10.1. The van der Waals surface area contributed by atoms with Crippen LogP contribution in [0.25, 0.3) is 0 Å². The number of nitrogens with zero attached hydrogens (tertiary/aromatic N) is 1. The van der Waals surface area contributed by atoms with E-state index < -0.39 is 0 Å². The lowest BCUT2D eigenvalue weighted by molar-refractivity contribution is 0.103. The second-order valence-electron chi connectivity index (χ2n) is 8.82. The molecule has 0 atom stereocenters. The molecule has 1 saturated heterocycles. The van der Waals surface area contributed by atoms with E-state index in [1.165, 1.54) is 54.8 Å². The van der Waals surface area contributed by atoms with E-state index in [4.69, 9.17) is 4.74 Å². The molecule has 0 unspecified atom stereocenters. The number of likely N-dealkylation sites (tertiary alicyclic amines) is 1. The minimum Gasteiger partial charge on any atom is -0.488 e. The summed E-state index contributed by atoms with van der Waals surface area (Å²) in [5.74, 6) is 0.852. The molecule has 3 aromatic rings. The number of thiophene rings is 1. The van der Waals surface area contributed by atoms with Crippen LogP contribution < -0.4 is 10.1 Å². The highest BCUT2D eigenvalue weighted by molar-refractivity contribution is 7.12.